The van der Waals surface area contributed by atoms with Crippen molar-refractivity contribution in [2.45, 2.75) is 63.3 Å². The van der Waals surface area contributed by atoms with Crippen LogP contribution in [0, 0.1) is 0 Å². The van der Waals surface area contributed by atoms with Gasteiger partial charge in [0.15, 0.2) is 0 Å². The second kappa shape index (κ2) is 11.0. The number of nitrogens with two attached hydrogens (primary N) is 1. The number of pyridine rings is 1. The van der Waals surface area contributed by atoms with Crippen LogP contribution in [0.4, 0.5) is 22.0 Å². The number of thiophene rings is 1. The SMILES string of the molecule is C[C@H](CCc1ncccc1C(N)=O)N1CCC(N(Cc2ccsc2)C(=O)C(F)(F)C(F)(F)F)CC1. The van der Waals surface area contributed by atoms with E-state index in [4.69, 9.17) is 5.73 Å². The molecular formula is C23H27F5N4O2S. The summed E-state index contributed by atoms with van der Waals surface area (Å²) >= 11 is 1.27. The Balaban J connectivity index is 1.64. The van der Waals surface area contributed by atoms with Crippen LogP contribution in [0.5, 0.6) is 0 Å². The number of carbonyl (C=O) groups excluding carboxylic acids is 2. The van der Waals surface area contributed by atoms with Crippen molar-refractivity contribution in [3.63, 3.8) is 0 Å². The Kier molecular flexibility index (Phi) is 8.47. The average Bonchev–Trinajstić information content (AvgIpc) is 3.33. The largest absolute Gasteiger partial charge is 0.463 e. The summed E-state index contributed by atoms with van der Waals surface area (Å²) in [5.41, 5.74) is 6.84. The molecule has 1 fully saturated rings. The predicted octanol–water partition coefficient (Wildman–Crippen LogP) is 4.25. The zero-order chi connectivity index (χ0) is 25.8. The number of halogens is 5. The van der Waals surface area contributed by atoms with Crippen molar-refractivity contribution in [1.82, 2.24) is 14.8 Å². The Morgan fingerprint density at radius 1 is 1.23 bits per heavy atom. The Morgan fingerprint density at radius 2 is 1.91 bits per heavy atom. The van der Waals surface area contributed by atoms with Crippen LogP contribution in [-0.4, -0.2) is 63.9 Å². The minimum atomic E-state index is -5.96. The number of nitrogens with zero attached hydrogens (tertiary/aromatic N) is 3. The van der Waals surface area contributed by atoms with Gasteiger partial charge in [-0.3, -0.25) is 14.6 Å². The molecule has 0 unspecified atom stereocenters. The third-order valence-electron chi connectivity index (χ3n) is 6.34. The maximum atomic E-state index is 14.0. The van der Waals surface area contributed by atoms with Crippen LogP contribution < -0.4 is 5.73 Å². The normalized spacial score (nSPS) is 16.7. The standard InChI is InChI=1S/C23H27F5N4O2S/c1-15(4-5-19-18(20(29)33)3-2-9-30-19)31-10-6-17(7-11-31)32(13-16-8-12-35-14-16)21(34)22(24,25)23(26,27)28/h2-3,8-9,12,14-15,17H,4-7,10-11,13H2,1H3,(H2,29,33)/t15-/m1/s1. The molecule has 2 amide bonds. The van der Waals surface area contributed by atoms with Gasteiger partial charge in [-0.2, -0.15) is 33.3 Å². The molecule has 1 atom stereocenters. The smallest absolute Gasteiger partial charge is 0.366 e. The maximum absolute atomic E-state index is 14.0. The van der Waals surface area contributed by atoms with Crippen molar-refractivity contribution >= 4 is 23.2 Å². The lowest BCUT2D eigenvalue weighted by atomic mass is 9.98. The highest BCUT2D eigenvalue weighted by molar-refractivity contribution is 7.07. The summed E-state index contributed by atoms with van der Waals surface area (Å²) in [7, 11) is 0. The molecule has 35 heavy (non-hydrogen) atoms. The highest BCUT2D eigenvalue weighted by Crippen LogP contribution is 2.38. The Hall–Kier alpha value is -2.60. The first-order chi connectivity index (χ1) is 16.4. The van der Waals surface area contributed by atoms with E-state index >= 15 is 0 Å². The molecule has 0 radical (unpaired) electrons. The molecule has 6 nitrogen and oxygen atoms in total. The molecule has 2 aromatic rings. The van der Waals surface area contributed by atoms with E-state index < -0.39 is 30.0 Å². The lowest BCUT2D eigenvalue weighted by Crippen LogP contribution is -2.57. The minimum Gasteiger partial charge on any atom is -0.366 e. The lowest BCUT2D eigenvalue weighted by Gasteiger charge is -2.41. The van der Waals surface area contributed by atoms with Crippen molar-refractivity contribution in [2.24, 2.45) is 5.73 Å². The van der Waals surface area contributed by atoms with Gasteiger partial charge in [-0.15, -0.1) is 0 Å². The second-order valence-electron chi connectivity index (χ2n) is 8.65. The van der Waals surface area contributed by atoms with Crippen LogP contribution in [-0.2, 0) is 17.8 Å². The fraction of sp³-hybridized carbons (Fsp3) is 0.522. The summed E-state index contributed by atoms with van der Waals surface area (Å²) in [5, 5.41) is 3.30. The lowest BCUT2D eigenvalue weighted by molar-refractivity contribution is -0.275. The minimum absolute atomic E-state index is 0.0383. The first-order valence-corrected chi connectivity index (χ1v) is 12.1. The third-order valence-corrected chi connectivity index (χ3v) is 7.07. The van der Waals surface area contributed by atoms with Crippen LogP contribution >= 0.6 is 11.3 Å². The molecule has 0 aliphatic carbocycles. The van der Waals surface area contributed by atoms with Crippen LogP contribution in [0.25, 0.3) is 0 Å². The average molecular weight is 519 g/mol. The fourth-order valence-electron chi connectivity index (χ4n) is 4.28. The van der Waals surface area contributed by atoms with Crippen molar-refractivity contribution in [1.29, 1.82) is 0 Å². The predicted molar refractivity (Wildman–Crippen MR) is 121 cm³/mol. The molecule has 2 aromatic heterocycles. The summed E-state index contributed by atoms with van der Waals surface area (Å²) in [4.78, 5) is 31.0. The number of hydrogen-bond acceptors (Lipinski definition) is 5. The van der Waals surface area contributed by atoms with E-state index in [0.29, 0.717) is 47.7 Å². The summed E-state index contributed by atoms with van der Waals surface area (Å²) in [6.07, 6.45) is -2.70. The van der Waals surface area contributed by atoms with E-state index in [1.165, 1.54) is 11.3 Å². The molecule has 3 rings (SSSR count). The van der Waals surface area contributed by atoms with Gasteiger partial charge in [-0.05, 0) is 67.1 Å². The Morgan fingerprint density at radius 3 is 2.49 bits per heavy atom. The first kappa shape index (κ1) is 27.0. The van der Waals surface area contributed by atoms with Crippen molar-refractivity contribution in [3.05, 3.63) is 52.0 Å². The van der Waals surface area contributed by atoms with Gasteiger partial charge in [0.1, 0.15) is 0 Å². The topological polar surface area (TPSA) is 79.5 Å². The molecule has 12 heteroatoms. The van der Waals surface area contributed by atoms with Crippen LogP contribution in [0.1, 0.15) is 47.8 Å². The molecule has 0 saturated carbocycles. The number of piperidine rings is 1. The number of hydrogen-bond donors (Lipinski definition) is 1. The molecule has 0 spiro atoms. The van der Waals surface area contributed by atoms with E-state index in [2.05, 4.69) is 9.88 Å². The number of primary amides is 1. The molecule has 0 bridgehead atoms. The molecule has 1 saturated heterocycles. The number of alkyl halides is 5. The Bertz CT molecular complexity index is 1010. The molecule has 1 aliphatic heterocycles. The first-order valence-electron chi connectivity index (χ1n) is 11.2. The number of aromatic nitrogens is 1. The van der Waals surface area contributed by atoms with Crippen molar-refractivity contribution in [2.75, 3.05) is 13.1 Å². The van der Waals surface area contributed by atoms with Gasteiger partial charge >= 0.3 is 18.0 Å². The summed E-state index contributed by atoms with van der Waals surface area (Å²) < 4.78 is 66.7. The molecule has 0 aromatic carbocycles. The molecule has 192 valence electrons. The quantitative estimate of drug-likeness (QED) is 0.504. The fourth-order valence-corrected chi connectivity index (χ4v) is 4.94. The van der Waals surface area contributed by atoms with Gasteiger partial charge in [-0.1, -0.05) is 0 Å². The van der Waals surface area contributed by atoms with E-state index in [1.54, 1.807) is 35.2 Å². The van der Waals surface area contributed by atoms with Gasteiger partial charge in [0.25, 0.3) is 5.91 Å². The summed E-state index contributed by atoms with van der Waals surface area (Å²) in [5.74, 6) is -8.22. The van der Waals surface area contributed by atoms with Gasteiger partial charge in [0.2, 0.25) is 0 Å². The zero-order valence-electron chi connectivity index (χ0n) is 19.1. The highest BCUT2D eigenvalue weighted by atomic mass is 32.1. The van der Waals surface area contributed by atoms with Gasteiger partial charge in [-0.25, -0.2) is 0 Å². The second-order valence-corrected chi connectivity index (χ2v) is 9.43. The van der Waals surface area contributed by atoms with Gasteiger partial charge in [0, 0.05) is 37.9 Å². The maximum Gasteiger partial charge on any atom is 0.463 e. The van der Waals surface area contributed by atoms with Gasteiger partial charge < -0.3 is 15.5 Å². The molecule has 1 aliphatic rings. The van der Waals surface area contributed by atoms with E-state index in [-0.39, 0.29) is 25.4 Å². The highest BCUT2D eigenvalue weighted by Gasteiger charge is 2.65. The number of aryl methyl sites for hydroxylation is 1. The van der Waals surface area contributed by atoms with E-state index in [0.717, 1.165) is 0 Å². The van der Waals surface area contributed by atoms with E-state index in [1.807, 2.05) is 6.92 Å². The van der Waals surface area contributed by atoms with E-state index in [9.17, 15) is 31.5 Å². The van der Waals surface area contributed by atoms with Crippen LogP contribution in [0.15, 0.2) is 35.2 Å². The van der Waals surface area contributed by atoms with Crippen molar-refractivity contribution < 1.29 is 31.5 Å². The van der Waals surface area contributed by atoms with Gasteiger partial charge in [0.05, 0.1) is 11.3 Å². The number of amides is 2. The van der Waals surface area contributed by atoms with Crippen LogP contribution in [0.3, 0.4) is 0 Å². The summed E-state index contributed by atoms with van der Waals surface area (Å²) in [6.45, 7) is 2.53. The Labute approximate surface area is 203 Å². The number of rotatable bonds is 9. The van der Waals surface area contributed by atoms with Crippen LogP contribution in [0.2, 0.25) is 0 Å². The molecule has 3 heterocycles. The zero-order valence-corrected chi connectivity index (χ0v) is 19.9. The number of likely N-dealkylation sites (tertiary alicyclic amines) is 1. The molecular weight excluding hydrogens is 491 g/mol. The summed E-state index contributed by atoms with van der Waals surface area (Å²) in [6, 6.07) is 4.14. The third kappa shape index (κ3) is 6.35. The monoisotopic (exact) mass is 518 g/mol. The number of carbonyl (C=O) groups is 2. The van der Waals surface area contributed by atoms with Crippen molar-refractivity contribution in [3.8, 4) is 0 Å². The molecule has 2 N–H and O–H groups in total.